The molecule has 6 heteroatoms. The van der Waals surface area contributed by atoms with Gasteiger partial charge < -0.3 is 4.74 Å². The molecule has 0 aromatic heterocycles. The quantitative estimate of drug-likeness (QED) is 0.743. The lowest BCUT2D eigenvalue weighted by Crippen LogP contribution is -2.06. The fraction of sp³-hybridized carbons (Fsp3) is 0.333. The standard InChI is InChI=1S/C9H7Cl2F3O/c10-5-15-4-6-3-7(9(12,13)14)1-2-8(6)11/h1-3H,4-5H2. The Bertz CT molecular complexity index is 339. The van der Waals surface area contributed by atoms with Crippen molar-refractivity contribution in [3.8, 4) is 0 Å². The van der Waals surface area contributed by atoms with Gasteiger partial charge in [-0.2, -0.15) is 13.2 Å². The van der Waals surface area contributed by atoms with Gasteiger partial charge in [-0.1, -0.05) is 23.2 Å². The van der Waals surface area contributed by atoms with Crippen LogP contribution in [0.15, 0.2) is 18.2 Å². The van der Waals surface area contributed by atoms with E-state index in [1.165, 1.54) is 6.07 Å². The average Bonchev–Trinajstić information content (AvgIpc) is 2.15. The molecule has 0 saturated heterocycles. The van der Waals surface area contributed by atoms with Gasteiger partial charge in [-0.15, -0.1) is 0 Å². The van der Waals surface area contributed by atoms with Crippen LogP contribution in [0.3, 0.4) is 0 Å². The molecule has 15 heavy (non-hydrogen) atoms. The molecular weight excluding hydrogens is 252 g/mol. The molecule has 0 heterocycles. The third-order valence-corrected chi connectivity index (χ3v) is 2.23. The van der Waals surface area contributed by atoms with E-state index in [-0.39, 0.29) is 23.3 Å². The molecule has 0 radical (unpaired) electrons. The highest BCUT2D eigenvalue weighted by atomic mass is 35.5. The van der Waals surface area contributed by atoms with E-state index in [0.29, 0.717) is 0 Å². The highest BCUT2D eigenvalue weighted by Gasteiger charge is 2.30. The monoisotopic (exact) mass is 258 g/mol. The van der Waals surface area contributed by atoms with Crippen LogP contribution < -0.4 is 0 Å². The summed E-state index contributed by atoms with van der Waals surface area (Å²) in [6.45, 7) is -0.0355. The largest absolute Gasteiger partial charge is 0.416 e. The van der Waals surface area contributed by atoms with Crippen molar-refractivity contribution in [1.29, 1.82) is 0 Å². The number of alkyl halides is 4. The Hall–Kier alpha value is -0.450. The summed E-state index contributed by atoms with van der Waals surface area (Å²) in [5.41, 5.74) is -0.479. The van der Waals surface area contributed by atoms with Gasteiger partial charge in [0.2, 0.25) is 0 Å². The Morgan fingerprint density at radius 1 is 1.27 bits per heavy atom. The van der Waals surface area contributed by atoms with Crippen LogP contribution in [-0.2, 0) is 17.5 Å². The number of rotatable bonds is 3. The maximum Gasteiger partial charge on any atom is 0.416 e. The Kier molecular flexibility index (Phi) is 4.25. The van der Waals surface area contributed by atoms with Crippen LogP contribution in [0.25, 0.3) is 0 Å². The van der Waals surface area contributed by atoms with E-state index in [4.69, 9.17) is 27.9 Å². The normalized spacial score (nSPS) is 11.8. The Balaban J connectivity index is 2.95. The first-order chi connectivity index (χ1) is 6.95. The Morgan fingerprint density at radius 2 is 1.93 bits per heavy atom. The van der Waals surface area contributed by atoms with Crippen molar-refractivity contribution >= 4 is 23.2 Å². The van der Waals surface area contributed by atoms with E-state index in [2.05, 4.69) is 0 Å². The van der Waals surface area contributed by atoms with Gasteiger partial charge in [-0.3, -0.25) is 0 Å². The van der Waals surface area contributed by atoms with Crippen molar-refractivity contribution in [2.45, 2.75) is 12.8 Å². The van der Waals surface area contributed by atoms with Gasteiger partial charge in [-0.25, -0.2) is 0 Å². The van der Waals surface area contributed by atoms with Crippen molar-refractivity contribution in [2.24, 2.45) is 0 Å². The Morgan fingerprint density at radius 3 is 2.47 bits per heavy atom. The van der Waals surface area contributed by atoms with Crippen molar-refractivity contribution < 1.29 is 17.9 Å². The summed E-state index contributed by atoms with van der Waals surface area (Å²) in [6, 6.07) is 2.98. The van der Waals surface area contributed by atoms with Crippen molar-refractivity contribution in [3.05, 3.63) is 34.3 Å². The van der Waals surface area contributed by atoms with Crippen molar-refractivity contribution in [3.63, 3.8) is 0 Å². The molecule has 0 aliphatic carbocycles. The third kappa shape index (κ3) is 3.55. The summed E-state index contributed by atoms with van der Waals surface area (Å²) in [7, 11) is 0. The predicted molar refractivity (Wildman–Crippen MR) is 52.0 cm³/mol. The molecule has 0 aliphatic rings. The van der Waals surface area contributed by atoms with Gasteiger partial charge in [0.25, 0.3) is 0 Å². The molecule has 0 spiro atoms. The summed E-state index contributed by atoms with van der Waals surface area (Å²) in [6.07, 6.45) is -4.37. The molecule has 1 rings (SSSR count). The minimum absolute atomic E-state index is 0.0355. The lowest BCUT2D eigenvalue weighted by molar-refractivity contribution is -0.137. The minimum atomic E-state index is -4.37. The second-order valence-corrected chi connectivity index (χ2v) is 3.39. The van der Waals surface area contributed by atoms with Crippen LogP contribution >= 0.6 is 23.2 Å². The second-order valence-electron chi connectivity index (χ2n) is 2.76. The van der Waals surface area contributed by atoms with Crippen LogP contribution in [0.4, 0.5) is 13.2 Å². The second kappa shape index (κ2) is 5.05. The summed E-state index contributed by atoms with van der Waals surface area (Å²) in [5, 5.41) is 0.230. The zero-order chi connectivity index (χ0) is 11.5. The van der Waals surface area contributed by atoms with Crippen molar-refractivity contribution in [2.75, 3.05) is 6.07 Å². The first kappa shape index (κ1) is 12.6. The minimum Gasteiger partial charge on any atom is -0.361 e. The molecule has 0 unspecified atom stereocenters. The predicted octanol–water partition coefficient (Wildman–Crippen LogP) is 4.07. The van der Waals surface area contributed by atoms with E-state index < -0.39 is 11.7 Å². The maximum atomic E-state index is 12.3. The molecule has 0 N–H and O–H groups in total. The lowest BCUT2D eigenvalue weighted by atomic mass is 10.1. The summed E-state index contributed by atoms with van der Waals surface area (Å²) in [4.78, 5) is 0. The zero-order valence-corrected chi connectivity index (χ0v) is 8.96. The SMILES string of the molecule is FC(F)(F)c1ccc(Cl)c(COCCl)c1. The smallest absolute Gasteiger partial charge is 0.361 e. The van der Waals surface area contributed by atoms with Gasteiger partial charge in [0.05, 0.1) is 12.2 Å². The van der Waals surface area contributed by atoms with Crippen LogP contribution in [0.5, 0.6) is 0 Å². The molecule has 1 nitrogen and oxygen atoms in total. The summed E-state index contributed by atoms with van der Waals surface area (Å²) >= 11 is 10.9. The van der Waals surface area contributed by atoms with Crippen molar-refractivity contribution in [1.82, 2.24) is 0 Å². The van der Waals surface area contributed by atoms with Gasteiger partial charge >= 0.3 is 6.18 Å². The molecule has 0 fully saturated rings. The van der Waals surface area contributed by atoms with E-state index in [9.17, 15) is 13.2 Å². The molecule has 0 amide bonds. The molecular formula is C9H7Cl2F3O. The van der Waals surface area contributed by atoms with Gasteiger partial charge in [-0.05, 0) is 23.8 Å². The number of ether oxygens (including phenoxy) is 1. The number of benzene rings is 1. The highest BCUT2D eigenvalue weighted by Crippen LogP contribution is 2.31. The molecule has 0 aliphatic heterocycles. The zero-order valence-electron chi connectivity index (χ0n) is 7.44. The molecule has 0 saturated carbocycles. The number of hydrogen-bond donors (Lipinski definition) is 0. The van der Waals surface area contributed by atoms with E-state index in [1.54, 1.807) is 0 Å². The Labute approximate surface area is 94.7 Å². The van der Waals surface area contributed by atoms with Gasteiger partial charge in [0, 0.05) is 5.02 Å². The number of hydrogen-bond acceptors (Lipinski definition) is 1. The molecule has 0 bridgehead atoms. The first-order valence-electron chi connectivity index (χ1n) is 3.94. The highest BCUT2D eigenvalue weighted by molar-refractivity contribution is 6.31. The van der Waals surface area contributed by atoms with Crippen LogP contribution in [-0.4, -0.2) is 6.07 Å². The van der Waals surface area contributed by atoms with Gasteiger partial charge in [0.1, 0.15) is 6.07 Å². The van der Waals surface area contributed by atoms with E-state index >= 15 is 0 Å². The third-order valence-electron chi connectivity index (χ3n) is 1.71. The fourth-order valence-electron chi connectivity index (χ4n) is 1.01. The topological polar surface area (TPSA) is 9.23 Å². The fourth-order valence-corrected chi connectivity index (χ4v) is 1.26. The molecule has 1 aromatic carbocycles. The average molecular weight is 259 g/mol. The maximum absolute atomic E-state index is 12.3. The summed E-state index contributed by atoms with van der Waals surface area (Å²) in [5.74, 6) is 0. The summed E-state index contributed by atoms with van der Waals surface area (Å²) < 4.78 is 41.7. The lowest BCUT2D eigenvalue weighted by Gasteiger charge is -2.10. The molecule has 1 aromatic rings. The first-order valence-corrected chi connectivity index (χ1v) is 4.85. The van der Waals surface area contributed by atoms with Crippen LogP contribution in [0.2, 0.25) is 5.02 Å². The van der Waals surface area contributed by atoms with Gasteiger partial charge in [0.15, 0.2) is 0 Å². The number of halogens is 5. The van der Waals surface area contributed by atoms with Crippen LogP contribution in [0.1, 0.15) is 11.1 Å². The van der Waals surface area contributed by atoms with E-state index in [1.807, 2.05) is 0 Å². The van der Waals surface area contributed by atoms with E-state index in [0.717, 1.165) is 12.1 Å². The van der Waals surface area contributed by atoms with Crippen LogP contribution in [0, 0.1) is 0 Å². The molecule has 84 valence electrons. The molecule has 0 atom stereocenters.